The Kier molecular flexibility index (Phi) is 5.62. The van der Waals surface area contributed by atoms with Crippen LogP contribution in [0, 0.1) is 12.7 Å². The van der Waals surface area contributed by atoms with Gasteiger partial charge in [0.2, 0.25) is 0 Å². The normalized spacial score (nSPS) is 9.73. The minimum absolute atomic E-state index is 0.300. The standard InChI is InChI=1S/C15H15FN4S2/c1-10-2-6-12(7-3-10)17-14(21)19-20-15(22)18-13-8-4-11(16)5-9-13/h2-9H,1H3,(H2,17,19,21)(H2,18,20,22). The highest BCUT2D eigenvalue weighted by atomic mass is 32.1. The zero-order chi connectivity index (χ0) is 15.9. The first-order valence-electron chi connectivity index (χ1n) is 6.49. The first-order chi connectivity index (χ1) is 10.5. The first-order valence-corrected chi connectivity index (χ1v) is 7.31. The van der Waals surface area contributed by atoms with Crippen molar-refractivity contribution in [1.29, 1.82) is 0 Å². The van der Waals surface area contributed by atoms with Crippen LogP contribution in [0.3, 0.4) is 0 Å². The summed E-state index contributed by atoms with van der Waals surface area (Å²) in [5.74, 6) is -0.300. The van der Waals surface area contributed by atoms with Gasteiger partial charge in [-0.3, -0.25) is 10.9 Å². The molecule has 0 unspecified atom stereocenters. The summed E-state index contributed by atoms with van der Waals surface area (Å²) >= 11 is 10.3. The Balaban J connectivity index is 1.76. The van der Waals surface area contributed by atoms with Gasteiger partial charge >= 0.3 is 0 Å². The third-order valence-corrected chi connectivity index (χ3v) is 3.11. The van der Waals surface area contributed by atoms with E-state index in [2.05, 4.69) is 21.5 Å². The Morgan fingerprint density at radius 3 is 1.64 bits per heavy atom. The van der Waals surface area contributed by atoms with Crippen molar-refractivity contribution in [2.45, 2.75) is 6.92 Å². The summed E-state index contributed by atoms with van der Waals surface area (Å²) in [4.78, 5) is 0. The maximum absolute atomic E-state index is 12.8. The molecule has 2 aromatic rings. The van der Waals surface area contributed by atoms with Crippen LogP contribution in [0.1, 0.15) is 5.56 Å². The average molecular weight is 334 g/mol. The van der Waals surface area contributed by atoms with E-state index in [4.69, 9.17) is 24.4 Å². The fourth-order valence-corrected chi connectivity index (χ4v) is 1.95. The van der Waals surface area contributed by atoms with Gasteiger partial charge in [-0.2, -0.15) is 0 Å². The number of hydrazine groups is 1. The summed E-state index contributed by atoms with van der Waals surface area (Å²) in [6.45, 7) is 2.02. The van der Waals surface area contributed by atoms with Crippen LogP contribution in [0.2, 0.25) is 0 Å². The van der Waals surface area contributed by atoms with E-state index in [1.165, 1.54) is 17.7 Å². The van der Waals surface area contributed by atoms with Crippen molar-refractivity contribution < 1.29 is 4.39 Å². The Labute approximate surface area is 139 Å². The molecule has 4 N–H and O–H groups in total. The van der Waals surface area contributed by atoms with Gasteiger partial charge in [0.05, 0.1) is 0 Å². The molecule has 0 saturated carbocycles. The summed E-state index contributed by atoms with van der Waals surface area (Å²) < 4.78 is 12.8. The Morgan fingerprint density at radius 1 is 0.773 bits per heavy atom. The molecule has 4 nitrogen and oxygen atoms in total. The smallest absolute Gasteiger partial charge is 0.189 e. The fourth-order valence-electron chi connectivity index (χ4n) is 1.61. The van der Waals surface area contributed by atoms with Crippen LogP contribution in [0.25, 0.3) is 0 Å². The monoisotopic (exact) mass is 334 g/mol. The quantitative estimate of drug-likeness (QED) is 0.499. The van der Waals surface area contributed by atoms with Crippen LogP contribution in [-0.2, 0) is 0 Å². The second-order valence-electron chi connectivity index (χ2n) is 4.53. The molecule has 0 aliphatic carbocycles. The molecule has 2 rings (SSSR count). The number of anilines is 2. The lowest BCUT2D eigenvalue weighted by atomic mass is 10.2. The lowest BCUT2D eigenvalue weighted by molar-refractivity contribution is 0.628. The lowest BCUT2D eigenvalue weighted by Crippen LogP contribution is -2.45. The Hall–Kier alpha value is -2.25. The number of rotatable bonds is 2. The molecule has 0 aromatic heterocycles. The minimum Gasteiger partial charge on any atom is -0.331 e. The number of halogens is 1. The minimum atomic E-state index is -0.300. The van der Waals surface area contributed by atoms with Crippen molar-refractivity contribution >= 4 is 46.0 Å². The van der Waals surface area contributed by atoms with E-state index in [0.29, 0.717) is 15.9 Å². The maximum Gasteiger partial charge on any atom is 0.189 e. The van der Waals surface area contributed by atoms with Crippen LogP contribution in [0.4, 0.5) is 15.8 Å². The summed E-state index contributed by atoms with van der Waals surface area (Å²) in [6.07, 6.45) is 0. The number of nitrogens with one attached hydrogen (secondary N) is 4. The van der Waals surface area contributed by atoms with Gasteiger partial charge in [-0.25, -0.2) is 4.39 Å². The van der Waals surface area contributed by atoms with Gasteiger partial charge in [-0.05, 0) is 67.8 Å². The molecule has 22 heavy (non-hydrogen) atoms. The molecular weight excluding hydrogens is 319 g/mol. The Bertz CT molecular complexity index is 597. The fraction of sp³-hybridized carbons (Fsp3) is 0.0667. The van der Waals surface area contributed by atoms with Crippen molar-refractivity contribution in [3.63, 3.8) is 0 Å². The van der Waals surface area contributed by atoms with Gasteiger partial charge in [0.15, 0.2) is 10.2 Å². The van der Waals surface area contributed by atoms with Crippen LogP contribution < -0.4 is 21.5 Å². The van der Waals surface area contributed by atoms with Crippen LogP contribution in [-0.4, -0.2) is 10.2 Å². The zero-order valence-electron chi connectivity index (χ0n) is 11.8. The molecule has 0 aliphatic rings. The highest BCUT2D eigenvalue weighted by Crippen LogP contribution is 2.08. The first kappa shape index (κ1) is 16.1. The number of hydrogen-bond acceptors (Lipinski definition) is 2. The van der Waals surface area contributed by atoms with Crippen LogP contribution in [0.15, 0.2) is 48.5 Å². The Morgan fingerprint density at radius 2 is 1.18 bits per heavy atom. The van der Waals surface area contributed by atoms with Crippen molar-refractivity contribution in [1.82, 2.24) is 10.9 Å². The number of thiocarbonyl (C=S) groups is 2. The van der Waals surface area contributed by atoms with Gasteiger partial charge < -0.3 is 10.6 Å². The molecule has 2 aromatic carbocycles. The van der Waals surface area contributed by atoms with Crippen molar-refractivity contribution in [2.75, 3.05) is 10.6 Å². The molecule has 0 saturated heterocycles. The van der Waals surface area contributed by atoms with Gasteiger partial charge in [0.25, 0.3) is 0 Å². The molecule has 0 radical (unpaired) electrons. The highest BCUT2D eigenvalue weighted by Gasteiger charge is 2.00. The molecule has 0 fully saturated rings. The average Bonchev–Trinajstić information content (AvgIpc) is 2.50. The SMILES string of the molecule is Cc1ccc(NC(=S)NNC(=S)Nc2ccc(F)cc2)cc1. The van der Waals surface area contributed by atoms with Crippen LogP contribution in [0.5, 0.6) is 0 Å². The largest absolute Gasteiger partial charge is 0.331 e. The maximum atomic E-state index is 12.8. The van der Waals surface area contributed by atoms with Gasteiger partial charge in [0, 0.05) is 11.4 Å². The molecule has 0 bridgehead atoms. The summed E-state index contributed by atoms with van der Waals surface area (Å²) in [7, 11) is 0. The van der Waals surface area contributed by atoms with E-state index in [0.717, 1.165) is 5.69 Å². The molecular formula is C15H15FN4S2. The molecule has 7 heteroatoms. The van der Waals surface area contributed by atoms with E-state index in [1.807, 2.05) is 31.2 Å². The van der Waals surface area contributed by atoms with Gasteiger partial charge in [-0.1, -0.05) is 17.7 Å². The van der Waals surface area contributed by atoms with Crippen molar-refractivity contribution in [3.05, 3.63) is 59.9 Å². The molecule has 0 aliphatic heterocycles. The van der Waals surface area contributed by atoms with Crippen molar-refractivity contribution in [3.8, 4) is 0 Å². The summed E-state index contributed by atoms with van der Waals surface area (Å²) in [5, 5.41) is 6.62. The van der Waals surface area contributed by atoms with Crippen LogP contribution >= 0.6 is 24.4 Å². The highest BCUT2D eigenvalue weighted by molar-refractivity contribution is 7.81. The van der Waals surface area contributed by atoms with E-state index >= 15 is 0 Å². The lowest BCUT2D eigenvalue weighted by Gasteiger charge is -2.14. The van der Waals surface area contributed by atoms with Crippen molar-refractivity contribution in [2.24, 2.45) is 0 Å². The van der Waals surface area contributed by atoms with E-state index in [-0.39, 0.29) is 5.82 Å². The van der Waals surface area contributed by atoms with Gasteiger partial charge in [-0.15, -0.1) is 0 Å². The van der Waals surface area contributed by atoms with E-state index in [9.17, 15) is 4.39 Å². The predicted octanol–water partition coefficient (Wildman–Crippen LogP) is 3.32. The molecule has 114 valence electrons. The summed E-state index contributed by atoms with van der Waals surface area (Å²) in [6, 6.07) is 13.7. The van der Waals surface area contributed by atoms with E-state index < -0.39 is 0 Å². The topological polar surface area (TPSA) is 48.1 Å². The molecule has 0 amide bonds. The number of hydrogen-bond donors (Lipinski definition) is 4. The van der Waals surface area contributed by atoms with E-state index in [1.54, 1.807) is 12.1 Å². The zero-order valence-corrected chi connectivity index (χ0v) is 13.4. The molecule has 0 spiro atoms. The predicted molar refractivity (Wildman–Crippen MR) is 96.3 cm³/mol. The summed E-state index contributed by atoms with van der Waals surface area (Å²) in [5.41, 5.74) is 8.25. The third kappa shape index (κ3) is 5.27. The third-order valence-electron chi connectivity index (χ3n) is 2.70. The second kappa shape index (κ2) is 7.67. The second-order valence-corrected chi connectivity index (χ2v) is 5.35. The number of aryl methyl sites for hydroxylation is 1. The molecule has 0 atom stereocenters. The molecule has 0 heterocycles. The number of benzene rings is 2. The van der Waals surface area contributed by atoms with Gasteiger partial charge in [0.1, 0.15) is 5.82 Å².